The zero-order chi connectivity index (χ0) is 16.9. The molecule has 0 aromatic heterocycles. The molecule has 23 heavy (non-hydrogen) atoms. The van der Waals surface area contributed by atoms with E-state index in [1.165, 1.54) is 6.42 Å². The van der Waals surface area contributed by atoms with Crippen molar-refractivity contribution in [2.24, 2.45) is 11.3 Å². The fourth-order valence-electron chi connectivity index (χ4n) is 3.47. The minimum atomic E-state index is -0.878. The zero-order valence-electron chi connectivity index (χ0n) is 14.8. The van der Waals surface area contributed by atoms with Crippen LogP contribution in [0.25, 0.3) is 0 Å². The number of aliphatic carboxylic acids is 1. The summed E-state index contributed by atoms with van der Waals surface area (Å²) in [6.07, 6.45) is 6.91. The second-order valence-corrected chi connectivity index (χ2v) is 8.00. The minimum absolute atomic E-state index is 0.0465. The molecule has 5 heteroatoms. The van der Waals surface area contributed by atoms with Crippen molar-refractivity contribution >= 4 is 5.97 Å². The first kappa shape index (κ1) is 18.7. The van der Waals surface area contributed by atoms with E-state index in [1.54, 1.807) is 0 Å². The molecule has 1 N–H and O–H groups in total. The monoisotopic (exact) mass is 328 g/mol. The van der Waals surface area contributed by atoms with Crippen LogP contribution in [0.5, 0.6) is 0 Å². The van der Waals surface area contributed by atoms with Crippen molar-refractivity contribution < 1.29 is 24.1 Å². The Morgan fingerprint density at radius 1 is 1.22 bits per heavy atom. The highest BCUT2D eigenvalue weighted by Crippen LogP contribution is 2.30. The molecule has 1 heterocycles. The number of carboxylic acids is 1. The van der Waals surface area contributed by atoms with Crippen LogP contribution in [-0.4, -0.2) is 42.8 Å². The van der Waals surface area contributed by atoms with E-state index in [1.807, 2.05) is 20.8 Å². The first-order chi connectivity index (χ1) is 10.9. The number of carboxylic acid groups (broad SMARTS) is 1. The van der Waals surface area contributed by atoms with E-state index in [4.69, 9.17) is 14.2 Å². The molecule has 0 bridgehead atoms. The van der Waals surface area contributed by atoms with Crippen LogP contribution in [0.15, 0.2) is 0 Å². The smallest absolute Gasteiger partial charge is 0.333 e. The molecule has 2 rings (SSSR count). The van der Waals surface area contributed by atoms with E-state index in [9.17, 15) is 9.90 Å². The van der Waals surface area contributed by atoms with Crippen molar-refractivity contribution in [3.63, 3.8) is 0 Å². The lowest BCUT2D eigenvalue weighted by atomic mass is 9.86. The molecule has 0 spiro atoms. The van der Waals surface area contributed by atoms with E-state index in [-0.39, 0.29) is 12.4 Å². The summed E-state index contributed by atoms with van der Waals surface area (Å²) in [6.45, 7) is 7.01. The fraction of sp³-hybridized carbons (Fsp3) is 0.944. The SMILES string of the molecule is CC(C)(C)C(OCC1CCC[C@H](OC2CCCCO2)C1)C(=O)O. The van der Waals surface area contributed by atoms with Gasteiger partial charge in [0, 0.05) is 6.61 Å². The van der Waals surface area contributed by atoms with Crippen LogP contribution in [0, 0.1) is 11.3 Å². The molecule has 134 valence electrons. The number of hydrogen-bond acceptors (Lipinski definition) is 4. The maximum atomic E-state index is 11.4. The van der Waals surface area contributed by atoms with Gasteiger partial charge in [-0.2, -0.15) is 0 Å². The Balaban J connectivity index is 1.77. The van der Waals surface area contributed by atoms with Gasteiger partial charge in [-0.25, -0.2) is 4.79 Å². The van der Waals surface area contributed by atoms with Crippen LogP contribution in [0.2, 0.25) is 0 Å². The molecule has 0 aromatic rings. The van der Waals surface area contributed by atoms with Crippen molar-refractivity contribution in [2.45, 2.75) is 84.2 Å². The number of hydrogen-bond donors (Lipinski definition) is 1. The van der Waals surface area contributed by atoms with E-state index >= 15 is 0 Å². The van der Waals surface area contributed by atoms with Gasteiger partial charge in [0.25, 0.3) is 0 Å². The zero-order valence-corrected chi connectivity index (χ0v) is 14.8. The Labute approximate surface area is 139 Å². The van der Waals surface area contributed by atoms with Crippen molar-refractivity contribution in [1.82, 2.24) is 0 Å². The lowest BCUT2D eigenvalue weighted by molar-refractivity contribution is -0.198. The third-order valence-electron chi connectivity index (χ3n) is 4.73. The van der Waals surface area contributed by atoms with Gasteiger partial charge in [-0.3, -0.25) is 0 Å². The standard InChI is InChI=1S/C18H32O5/c1-18(2,3)16(17(19)20)22-12-13-7-6-8-14(11-13)23-15-9-4-5-10-21-15/h13-16H,4-12H2,1-3H3,(H,19,20)/t13?,14-,15?,16?/m0/s1. The van der Waals surface area contributed by atoms with Gasteiger partial charge in [-0.15, -0.1) is 0 Å². The fourth-order valence-corrected chi connectivity index (χ4v) is 3.47. The molecule has 2 aliphatic rings. The maximum absolute atomic E-state index is 11.4. The molecule has 0 aromatic carbocycles. The lowest BCUT2D eigenvalue weighted by Crippen LogP contribution is -2.39. The van der Waals surface area contributed by atoms with Gasteiger partial charge in [0.15, 0.2) is 12.4 Å². The summed E-state index contributed by atoms with van der Waals surface area (Å²) in [7, 11) is 0. The molecule has 2 fully saturated rings. The van der Waals surface area contributed by atoms with Gasteiger partial charge in [-0.05, 0) is 49.9 Å². The van der Waals surface area contributed by atoms with Crippen molar-refractivity contribution in [1.29, 1.82) is 0 Å². The summed E-state index contributed by atoms with van der Waals surface area (Å²) in [6, 6.07) is 0. The predicted molar refractivity (Wildman–Crippen MR) is 87.3 cm³/mol. The quantitative estimate of drug-likeness (QED) is 0.807. The van der Waals surface area contributed by atoms with E-state index < -0.39 is 17.5 Å². The normalized spacial score (nSPS) is 30.8. The first-order valence-corrected chi connectivity index (χ1v) is 8.97. The van der Waals surface area contributed by atoms with Gasteiger partial charge >= 0.3 is 5.97 Å². The second kappa shape index (κ2) is 8.45. The molecular weight excluding hydrogens is 296 g/mol. The molecule has 1 saturated heterocycles. The van der Waals surface area contributed by atoms with Crippen LogP contribution in [0.3, 0.4) is 0 Å². The van der Waals surface area contributed by atoms with E-state index in [2.05, 4.69) is 0 Å². The molecule has 3 unspecified atom stereocenters. The molecule has 5 nitrogen and oxygen atoms in total. The minimum Gasteiger partial charge on any atom is -0.479 e. The Bertz CT molecular complexity index is 370. The number of carbonyl (C=O) groups is 1. The predicted octanol–water partition coefficient (Wildman–Crippen LogP) is 3.60. The van der Waals surface area contributed by atoms with Crippen LogP contribution in [-0.2, 0) is 19.0 Å². The van der Waals surface area contributed by atoms with Gasteiger partial charge in [-0.1, -0.05) is 27.2 Å². The van der Waals surface area contributed by atoms with Crippen molar-refractivity contribution in [2.75, 3.05) is 13.2 Å². The van der Waals surface area contributed by atoms with Gasteiger partial charge in [0.05, 0.1) is 12.7 Å². The van der Waals surface area contributed by atoms with Crippen LogP contribution in [0.1, 0.15) is 65.7 Å². The summed E-state index contributed by atoms with van der Waals surface area (Å²) < 4.78 is 17.5. The van der Waals surface area contributed by atoms with Gasteiger partial charge in [0.1, 0.15) is 0 Å². The van der Waals surface area contributed by atoms with Gasteiger partial charge in [0.2, 0.25) is 0 Å². The molecule has 0 radical (unpaired) electrons. The summed E-state index contributed by atoms with van der Waals surface area (Å²) >= 11 is 0. The summed E-state index contributed by atoms with van der Waals surface area (Å²) in [5.41, 5.74) is -0.396. The van der Waals surface area contributed by atoms with Crippen LogP contribution in [0.4, 0.5) is 0 Å². The number of rotatable bonds is 6. The van der Waals surface area contributed by atoms with Gasteiger partial charge < -0.3 is 19.3 Å². The average Bonchev–Trinajstić information content (AvgIpc) is 2.47. The average molecular weight is 328 g/mol. The lowest BCUT2D eigenvalue weighted by Gasteiger charge is -2.34. The molecular formula is C18H32O5. The second-order valence-electron chi connectivity index (χ2n) is 8.00. The summed E-state index contributed by atoms with van der Waals surface area (Å²) in [5, 5.41) is 9.34. The van der Waals surface area contributed by atoms with Crippen LogP contribution >= 0.6 is 0 Å². The third-order valence-corrected chi connectivity index (χ3v) is 4.73. The Morgan fingerprint density at radius 2 is 2.00 bits per heavy atom. The third kappa shape index (κ3) is 6.05. The largest absolute Gasteiger partial charge is 0.479 e. The Morgan fingerprint density at radius 3 is 2.61 bits per heavy atom. The molecule has 1 aliphatic carbocycles. The maximum Gasteiger partial charge on any atom is 0.333 e. The highest BCUT2D eigenvalue weighted by molar-refractivity contribution is 5.73. The highest BCUT2D eigenvalue weighted by Gasteiger charge is 2.34. The Hall–Kier alpha value is -0.650. The number of ether oxygens (including phenoxy) is 3. The Kier molecular flexibility index (Phi) is 6.86. The van der Waals surface area contributed by atoms with E-state index in [0.29, 0.717) is 12.5 Å². The molecule has 4 atom stereocenters. The first-order valence-electron chi connectivity index (χ1n) is 8.97. The molecule has 1 aliphatic heterocycles. The van der Waals surface area contributed by atoms with Crippen LogP contribution < -0.4 is 0 Å². The summed E-state index contributed by atoms with van der Waals surface area (Å²) in [5.74, 6) is -0.502. The topological polar surface area (TPSA) is 65.0 Å². The summed E-state index contributed by atoms with van der Waals surface area (Å²) in [4.78, 5) is 11.4. The molecule has 1 saturated carbocycles. The van der Waals surface area contributed by atoms with E-state index in [0.717, 1.165) is 45.1 Å². The van der Waals surface area contributed by atoms with Crippen molar-refractivity contribution in [3.8, 4) is 0 Å². The molecule has 0 amide bonds. The van der Waals surface area contributed by atoms with Crippen molar-refractivity contribution in [3.05, 3.63) is 0 Å². The highest BCUT2D eigenvalue weighted by atomic mass is 16.7.